The number of esters is 2. The second kappa shape index (κ2) is 8.98. The number of rotatable bonds is 7. The van der Waals surface area contributed by atoms with Gasteiger partial charge in [-0.3, -0.25) is 4.55 Å². The summed E-state index contributed by atoms with van der Waals surface area (Å²) >= 11 is 0. The predicted octanol–water partition coefficient (Wildman–Crippen LogP) is 2.44. The molecule has 1 aliphatic heterocycles. The van der Waals surface area contributed by atoms with Crippen LogP contribution in [0.3, 0.4) is 0 Å². The van der Waals surface area contributed by atoms with Crippen molar-refractivity contribution in [3.05, 3.63) is 0 Å². The van der Waals surface area contributed by atoms with Crippen molar-refractivity contribution in [3.63, 3.8) is 0 Å². The van der Waals surface area contributed by atoms with Crippen LogP contribution in [0.1, 0.15) is 25.7 Å². The minimum absolute atomic E-state index is 0.211. The fraction of sp³-hybridized carbons (Fsp3) is 0.867. The topological polar surface area (TPSA) is 125 Å². The molecule has 198 valence electrons. The number of hydrogen-bond acceptors (Lipinski definition) is 8. The largest absolute Gasteiger partial charge is 0.465 e. The van der Waals surface area contributed by atoms with Crippen LogP contribution in [0.25, 0.3) is 0 Å². The van der Waals surface area contributed by atoms with Crippen molar-refractivity contribution in [2.75, 3.05) is 13.2 Å². The Morgan fingerprint density at radius 1 is 1.00 bits per heavy atom. The molecule has 1 heterocycles. The maximum Gasteiger partial charge on any atom is 0.465 e. The molecule has 3 unspecified atom stereocenters. The van der Waals surface area contributed by atoms with Crippen LogP contribution in [0, 0.1) is 0 Å². The summed E-state index contributed by atoms with van der Waals surface area (Å²) in [7, 11) is -6.21. The molecule has 1 saturated carbocycles. The molecule has 0 amide bonds. The van der Waals surface area contributed by atoms with Gasteiger partial charge in [-0.15, -0.1) is 0 Å². The maximum atomic E-state index is 13.5. The van der Waals surface area contributed by atoms with Gasteiger partial charge in [-0.25, -0.2) is 9.59 Å². The Morgan fingerprint density at radius 3 is 2.12 bits per heavy atom. The van der Waals surface area contributed by atoms with E-state index in [2.05, 4.69) is 9.47 Å². The summed E-state index contributed by atoms with van der Waals surface area (Å²) in [6.07, 6.45) is -10.1. The van der Waals surface area contributed by atoms with Crippen molar-refractivity contribution in [2.24, 2.45) is 0 Å². The monoisotopic (exact) mass is 542 g/mol. The van der Waals surface area contributed by atoms with Crippen LogP contribution >= 0.6 is 0 Å². The van der Waals surface area contributed by atoms with Gasteiger partial charge in [0.1, 0.15) is 12.7 Å². The zero-order valence-corrected chi connectivity index (χ0v) is 17.2. The number of ether oxygens (including phenoxy) is 4. The molecule has 0 bridgehead atoms. The van der Waals surface area contributed by atoms with Gasteiger partial charge in [0.05, 0.1) is 6.61 Å². The summed E-state index contributed by atoms with van der Waals surface area (Å²) in [6.45, 7) is -2.04. The second-order valence-corrected chi connectivity index (χ2v) is 8.70. The predicted molar refractivity (Wildman–Crippen MR) is 85.3 cm³/mol. The molecule has 0 aromatic rings. The van der Waals surface area contributed by atoms with Gasteiger partial charge in [-0.1, -0.05) is 0 Å². The van der Waals surface area contributed by atoms with E-state index in [0.717, 1.165) is 0 Å². The van der Waals surface area contributed by atoms with Gasteiger partial charge in [0, 0.05) is 6.42 Å². The smallest absolute Gasteiger partial charge is 0.458 e. The molecular weight excluding hydrogens is 527 g/mol. The van der Waals surface area contributed by atoms with Crippen LogP contribution in [0.4, 0.5) is 39.5 Å². The quantitative estimate of drug-likeness (QED) is 0.293. The molecule has 19 heteroatoms. The average molecular weight is 542 g/mol. The van der Waals surface area contributed by atoms with Crippen LogP contribution in [0.2, 0.25) is 0 Å². The van der Waals surface area contributed by atoms with Gasteiger partial charge in [0.2, 0.25) is 5.79 Å². The van der Waals surface area contributed by atoms with Crippen molar-refractivity contribution in [1.29, 1.82) is 0 Å². The molecule has 1 spiro atoms. The lowest BCUT2D eigenvalue weighted by atomic mass is 9.91. The molecule has 1 N–H and O–H groups in total. The molecule has 0 aromatic heterocycles. The molecule has 3 atom stereocenters. The first kappa shape index (κ1) is 28.4. The number of carbonyl (C=O) groups excluding carboxylic acids is 2. The van der Waals surface area contributed by atoms with Crippen molar-refractivity contribution in [2.45, 2.75) is 67.0 Å². The Morgan fingerprint density at radius 2 is 1.59 bits per heavy atom. The first-order valence-electron chi connectivity index (χ1n) is 9.06. The van der Waals surface area contributed by atoms with E-state index in [1.807, 2.05) is 0 Å². The van der Waals surface area contributed by atoms with E-state index >= 15 is 0 Å². The summed E-state index contributed by atoms with van der Waals surface area (Å²) in [6, 6.07) is 0. The number of hydrogen-bond donors (Lipinski definition) is 1. The zero-order chi connectivity index (χ0) is 26.4. The van der Waals surface area contributed by atoms with Crippen LogP contribution in [0.5, 0.6) is 0 Å². The van der Waals surface area contributed by atoms with E-state index in [0.29, 0.717) is 0 Å². The molecule has 2 fully saturated rings. The molecular formula is C15H15F9O9S. The van der Waals surface area contributed by atoms with Crippen molar-refractivity contribution in [1.82, 2.24) is 0 Å². The molecule has 34 heavy (non-hydrogen) atoms. The lowest BCUT2D eigenvalue weighted by Crippen LogP contribution is -2.57. The third-order valence-electron chi connectivity index (χ3n) is 4.83. The fourth-order valence-corrected chi connectivity index (χ4v) is 3.32. The highest BCUT2D eigenvalue weighted by Gasteiger charge is 2.77. The number of carbonyl (C=O) groups is 2. The van der Waals surface area contributed by atoms with Gasteiger partial charge in [0.15, 0.2) is 6.10 Å². The molecule has 1 aliphatic carbocycles. The molecule has 2 rings (SSSR count). The van der Waals surface area contributed by atoms with E-state index in [1.165, 1.54) is 0 Å². The normalized spacial score (nSPS) is 27.0. The fourth-order valence-electron chi connectivity index (χ4n) is 3.07. The lowest BCUT2D eigenvalue weighted by molar-refractivity contribution is -0.348. The minimum Gasteiger partial charge on any atom is -0.458 e. The minimum atomic E-state index is -6.78. The Bertz CT molecular complexity index is 906. The second-order valence-electron chi connectivity index (χ2n) is 7.24. The standard InChI is InChI=1S/C15H15F9O9S/c16-12(17,14(20,21)15(22,23)24)9(25)30-5-7-6-31-11(33-7)4-2-1-3-8(11)32-10(26)13(18,19)34(27,28)29/h7-8H,1-6H2,(H,27,28,29). The average Bonchev–Trinajstić information content (AvgIpc) is 3.09. The first-order chi connectivity index (χ1) is 15.2. The Kier molecular flexibility index (Phi) is 7.49. The van der Waals surface area contributed by atoms with Gasteiger partial charge >= 0.3 is 45.3 Å². The Balaban J connectivity index is 2.07. The van der Waals surface area contributed by atoms with Crippen LogP contribution in [0.15, 0.2) is 0 Å². The van der Waals surface area contributed by atoms with Gasteiger partial charge < -0.3 is 18.9 Å². The van der Waals surface area contributed by atoms with E-state index in [1.54, 1.807) is 0 Å². The number of halogens is 9. The van der Waals surface area contributed by atoms with E-state index in [-0.39, 0.29) is 25.7 Å². The van der Waals surface area contributed by atoms with E-state index in [9.17, 15) is 57.5 Å². The third-order valence-corrected chi connectivity index (χ3v) is 5.64. The third kappa shape index (κ3) is 5.06. The number of alkyl halides is 9. The lowest BCUT2D eigenvalue weighted by Gasteiger charge is -2.39. The molecule has 9 nitrogen and oxygen atoms in total. The maximum absolute atomic E-state index is 13.5. The highest BCUT2D eigenvalue weighted by Crippen LogP contribution is 2.47. The summed E-state index contributed by atoms with van der Waals surface area (Å²) in [4.78, 5) is 22.8. The first-order valence-corrected chi connectivity index (χ1v) is 10.5. The van der Waals surface area contributed by atoms with Gasteiger partial charge in [-0.2, -0.15) is 47.9 Å². The summed E-state index contributed by atoms with van der Waals surface area (Å²) in [5, 5.41) is -5.37. The SMILES string of the molecule is O=C(OCC1COC2(CCCCC2OC(=O)C(F)(F)S(=O)(=O)O)O1)C(F)(F)C(F)(F)C(F)(F)F. The molecule has 0 radical (unpaired) electrons. The zero-order valence-electron chi connectivity index (χ0n) is 16.4. The highest BCUT2D eigenvalue weighted by atomic mass is 32.2. The van der Waals surface area contributed by atoms with E-state index in [4.69, 9.17) is 14.0 Å². The summed E-state index contributed by atoms with van der Waals surface area (Å²) in [5.74, 6) is -21.1. The van der Waals surface area contributed by atoms with Crippen molar-refractivity contribution >= 4 is 22.1 Å². The van der Waals surface area contributed by atoms with Crippen molar-refractivity contribution < 1.29 is 81.0 Å². The van der Waals surface area contributed by atoms with Gasteiger partial charge in [0.25, 0.3) is 0 Å². The summed E-state index contributed by atoms with van der Waals surface area (Å²) < 4.78 is 164. The van der Waals surface area contributed by atoms with Crippen LogP contribution in [-0.4, -0.2) is 79.4 Å². The van der Waals surface area contributed by atoms with Crippen LogP contribution in [-0.2, 0) is 38.7 Å². The molecule has 0 aromatic carbocycles. The summed E-state index contributed by atoms with van der Waals surface area (Å²) in [5.41, 5.74) is 0. The Hall–Kier alpha value is -1.86. The van der Waals surface area contributed by atoms with Crippen molar-refractivity contribution in [3.8, 4) is 0 Å². The van der Waals surface area contributed by atoms with Gasteiger partial charge in [-0.05, 0) is 19.3 Å². The molecule has 1 saturated heterocycles. The molecule has 2 aliphatic rings. The van der Waals surface area contributed by atoms with E-state index < -0.39 is 76.5 Å². The highest BCUT2D eigenvalue weighted by molar-refractivity contribution is 7.87. The van der Waals surface area contributed by atoms with Crippen LogP contribution < -0.4 is 0 Å². The Labute approximate surface area is 184 Å².